The molecule has 0 radical (unpaired) electrons. The van der Waals surface area contributed by atoms with Gasteiger partial charge in [0.05, 0.1) is 12.7 Å². The smallest absolute Gasteiger partial charge is 0.160 e. The van der Waals surface area contributed by atoms with E-state index in [0.717, 1.165) is 0 Å². The van der Waals surface area contributed by atoms with Crippen molar-refractivity contribution >= 4 is 0 Å². The Morgan fingerprint density at radius 1 is 1.60 bits per heavy atom. The zero-order valence-corrected chi connectivity index (χ0v) is 6.63. The Morgan fingerprint density at radius 2 is 2.10 bits per heavy atom. The summed E-state index contributed by atoms with van der Waals surface area (Å²) >= 11 is 0. The van der Waals surface area contributed by atoms with E-state index >= 15 is 0 Å². The molecule has 10 heavy (non-hydrogen) atoms. The van der Waals surface area contributed by atoms with Crippen molar-refractivity contribution in [1.29, 1.82) is 0 Å². The lowest BCUT2D eigenvalue weighted by molar-refractivity contribution is -0.211. The van der Waals surface area contributed by atoms with Gasteiger partial charge >= 0.3 is 0 Å². The molecule has 0 fully saturated rings. The van der Waals surface area contributed by atoms with Crippen molar-refractivity contribution in [1.82, 2.24) is 0 Å². The maximum absolute atomic E-state index is 9.10. The molecule has 62 valence electrons. The van der Waals surface area contributed by atoms with Crippen molar-refractivity contribution in [2.45, 2.75) is 32.7 Å². The molecule has 0 aromatic rings. The van der Waals surface area contributed by atoms with E-state index in [4.69, 9.17) is 15.7 Å². The number of aliphatic hydroxyl groups is 1. The first kappa shape index (κ1) is 9.84. The zero-order chi connectivity index (χ0) is 8.20. The standard InChI is InChI=1S/C6H15NO3/c1-5(4-9-7)10-6(2,3)8/h5,8H,4,7H2,1-3H3. The Hall–Kier alpha value is -0.160. The highest BCUT2D eigenvalue weighted by atomic mass is 16.7. The molecule has 0 aliphatic rings. The van der Waals surface area contributed by atoms with Gasteiger partial charge in [0, 0.05) is 0 Å². The highest BCUT2D eigenvalue weighted by molar-refractivity contribution is 4.54. The first-order valence-corrected chi connectivity index (χ1v) is 3.17. The summed E-state index contributed by atoms with van der Waals surface area (Å²) in [5.74, 6) is 3.67. The molecule has 1 atom stereocenters. The summed E-state index contributed by atoms with van der Waals surface area (Å²) in [4.78, 5) is 4.31. The van der Waals surface area contributed by atoms with Gasteiger partial charge in [0.2, 0.25) is 0 Å². The molecule has 0 rings (SSSR count). The van der Waals surface area contributed by atoms with Crippen molar-refractivity contribution in [3.8, 4) is 0 Å². The van der Waals surface area contributed by atoms with Crippen LogP contribution in [0.4, 0.5) is 0 Å². The van der Waals surface area contributed by atoms with Crippen LogP contribution in [0.1, 0.15) is 20.8 Å². The third-order valence-corrected chi connectivity index (χ3v) is 0.821. The van der Waals surface area contributed by atoms with E-state index in [9.17, 15) is 0 Å². The molecule has 1 unspecified atom stereocenters. The number of nitrogens with two attached hydrogens (primary N) is 1. The molecule has 0 bridgehead atoms. The fraction of sp³-hybridized carbons (Fsp3) is 1.00. The quantitative estimate of drug-likeness (QED) is 0.436. The highest BCUT2D eigenvalue weighted by Gasteiger charge is 2.16. The molecular formula is C6H15NO3. The molecule has 0 amide bonds. The molecule has 4 nitrogen and oxygen atoms in total. The Morgan fingerprint density at radius 3 is 2.40 bits per heavy atom. The third kappa shape index (κ3) is 5.97. The van der Waals surface area contributed by atoms with Crippen LogP contribution >= 0.6 is 0 Å². The van der Waals surface area contributed by atoms with Gasteiger partial charge in [0.1, 0.15) is 0 Å². The summed E-state index contributed by atoms with van der Waals surface area (Å²) in [5, 5.41) is 9.10. The molecular weight excluding hydrogens is 134 g/mol. The first-order valence-electron chi connectivity index (χ1n) is 3.17. The molecule has 0 saturated heterocycles. The maximum Gasteiger partial charge on any atom is 0.160 e. The molecule has 0 spiro atoms. The summed E-state index contributed by atoms with van der Waals surface area (Å²) in [7, 11) is 0. The third-order valence-electron chi connectivity index (χ3n) is 0.821. The first-order chi connectivity index (χ1) is 4.45. The normalized spacial score (nSPS) is 15.3. The maximum atomic E-state index is 9.10. The monoisotopic (exact) mass is 149 g/mol. The fourth-order valence-electron chi connectivity index (χ4n) is 0.662. The van der Waals surface area contributed by atoms with E-state index in [1.807, 2.05) is 0 Å². The van der Waals surface area contributed by atoms with E-state index in [2.05, 4.69) is 4.84 Å². The summed E-state index contributed by atoms with van der Waals surface area (Å²) in [5.41, 5.74) is 0. The Balaban J connectivity index is 3.47. The number of ether oxygens (including phenoxy) is 1. The largest absolute Gasteiger partial charge is 0.366 e. The number of rotatable bonds is 4. The van der Waals surface area contributed by atoms with Gasteiger partial charge in [-0.1, -0.05) is 0 Å². The van der Waals surface area contributed by atoms with Crippen molar-refractivity contribution < 1.29 is 14.7 Å². The Bertz CT molecular complexity index is 89.5. The molecule has 0 aliphatic heterocycles. The van der Waals surface area contributed by atoms with Crippen LogP contribution in [-0.4, -0.2) is 23.6 Å². The van der Waals surface area contributed by atoms with E-state index in [-0.39, 0.29) is 12.7 Å². The van der Waals surface area contributed by atoms with Crippen LogP contribution < -0.4 is 5.90 Å². The van der Waals surface area contributed by atoms with E-state index in [0.29, 0.717) is 0 Å². The summed E-state index contributed by atoms with van der Waals surface area (Å²) < 4.78 is 5.03. The second-order valence-corrected chi connectivity index (χ2v) is 2.71. The van der Waals surface area contributed by atoms with Gasteiger partial charge in [-0.15, -0.1) is 0 Å². The minimum atomic E-state index is -1.11. The van der Waals surface area contributed by atoms with E-state index < -0.39 is 5.79 Å². The molecule has 4 heteroatoms. The lowest BCUT2D eigenvalue weighted by Gasteiger charge is -2.22. The predicted octanol–water partition coefficient (Wildman–Crippen LogP) is 0.0102. The lowest BCUT2D eigenvalue weighted by Crippen LogP contribution is -2.31. The molecule has 0 aromatic carbocycles. The van der Waals surface area contributed by atoms with Crippen LogP contribution in [0.5, 0.6) is 0 Å². The Kier molecular flexibility index (Phi) is 3.81. The molecule has 0 aromatic heterocycles. The van der Waals surface area contributed by atoms with Crippen molar-refractivity contribution in [3.05, 3.63) is 0 Å². The van der Waals surface area contributed by atoms with Gasteiger partial charge in [-0.2, -0.15) is 0 Å². The van der Waals surface area contributed by atoms with Crippen LogP contribution in [0.25, 0.3) is 0 Å². The van der Waals surface area contributed by atoms with Gasteiger partial charge in [-0.05, 0) is 20.8 Å². The van der Waals surface area contributed by atoms with Crippen LogP contribution in [0, 0.1) is 0 Å². The number of hydrogen-bond acceptors (Lipinski definition) is 4. The molecule has 0 saturated carbocycles. The highest BCUT2D eigenvalue weighted by Crippen LogP contribution is 2.06. The molecule has 3 N–H and O–H groups in total. The van der Waals surface area contributed by atoms with Crippen LogP contribution in [0.15, 0.2) is 0 Å². The Labute approximate surface area is 60.9 Å². The SMILES string of the molecule is CC(CON)OC(C)(C)O. The van der Waals surface area contributed by atoms with E-state index in [1.165, 1.54) is 0 Å². The van der Waals surface area contributed by atoms with Gasteiger partial charge < -0.3 is 14.7 Å². The second-order valence-electron chi connectivity index (χ2n) is 2.71. The second kappa shape index (κ2) is 3.88. The number of hydrogen-bond donors (Lipinski definition) is 2. The van der Waals surface area contributed by atoms with Crippen LogP contribution in [0.3, 0.4) is 0 Å². The van der Waals surface area contributed by atoms with Gasteiger partial charge in [0.25, 0.3) is 0 Å². The topological polar surface area (TPSA) is 64.7 Å². The van der Waals surface area contributed by atoms with Crippen LogP contribution in [-0.2, 0) is 9.57 Å². The van der Waals surface area contributed by atoms with Gasteiger partial charge in [-0.3, -0.25) is 0 Å². The molecule has 0 aliphatic carbocycles. The zero-order valence-electron chi connectivity index (χ0n) is 6.63. The van der Waals surface area contributed by atoms with Crippen molar-refractivity contribution in [2.24, 2.45) is 5.90 Å². The van der Waals surface area contributed by atoms with Crippen molar-refractivity contribution in [2.75, 3.05) is 6.61 Å². The van der Waals surface area contributed by atoms with E-state index in [1.54, 1.807) is 20.8 Å². The van der Waals surface area contributed by atoms with Gasteiger partial charge in [-0.25, -0.2) is 5.90 Å². The summed E-state index contributed by atoms with van der Waals surface area (Å²) in [6.07, 6.45) is -0.190. The fourth-order valence-corrected chi connectivity index (χ4v) is 0.662. The average Bonchev–Trinajstić information content (AvgIpc) is 1.59. The van der Waals surface area contributed by atoms with Crippen LogP contribution in [0.2, 0.25) is 0 Å². The minimum Gasteiger partial charge on any atom is -0.366 e. The molecule has 0 heterocycles. The average molecular weight is 149 g/mol. The summed E-state index contributed by atoms with van der Waals surface area (Å²) in [6, 6.07) is 0. The summed E-state index contributed by atoms with van der Waals surface area (Å²) in [6.45, 7) is 5.16. The lowest BCUT2D eigenvalue weighted by atomic mass is 10.3. The minimum absolute atomic E-state index is 0.190. The van der Waals surface area contributed by atoms with Crippen molar-refractivity contribution in [3.63, 3.8) is 0 Å². The van der Waals surface area contributed by atoms with Gasteiger partial charge in [0.15, 0.2) is 5.79 Å². The predicted molar refractivity (Wildman–Crippen MR) is 37.0 cm³/mol.